The van der Waals surface area contributed by atoms with Crippen LogP contribution in [0.2, 0.25) is 5.02 Å². The zero-order valence-corrected chi connectivity index (χ0v) is 26.1. The van der Waals surface area contributed by atoms with Gasteiger partial charge in [-0.25, -0.2) is 12.8 Å². The number of nitrogens with zero attached hydrogens (tertiary/aromatic N) is 2. The van der Waals surface area contributed by atoms with Crippen LogP contribution in [0.15, 0.2) is 114 Å². The molecular weight excluding hydrogens is 601 g/mol. The Balaban J connectivity index is 1.80. The molecule has 0 bridgehead atoms. The summed E-state index contributed by atoms with van der Waals surface area (Å²) in [5.74, 6) is -1.64. The number of nitrogens with one attached hydrogen (secondary N) is 1. The van der Waals surface area contributed by atoms with Crippen LogP contribution in [-0.2, 0) is 32.6 Å². The van der Waals surface area contributed by atoms with Gasteiger partial charge in [-0.2, -0.15) is 0 Å². The van der Waals surface area contributed by atoms with Crippen molar-refractivity contribution in [1.82, 2.24) is 10.2 Å². The van der Waals surface area contributed by atoms with E-state index in [0.717, 1.165) is 9.87 Å². The molecule has 1 N–H and O–H groups in total. The summed E-state index contributed by atoms with van der Waals surface area (Å²) in [6.45, 7) is 2.89. The first kappa shape index (κ1) is 32.7. The van der Waals surface area contributed by atoms with Crippen molar-refractivity contribution in [2.75, 3.05) is 10.8 Å². The fraction of sp³-hybridized carbons (Fsp3) is 0.235. The lowest BCUT2D eigenvalue weighted by molar-refractivity contribution is -0.140. The largest absolute Gasteiger partial charge is 0.352 e. The second kappa shape index (κ2) is 15.0. The SMILES string of the molecule is CC[C@H](C)NC(=O)[C@H](Cc1ccccc1)N(Cc1ccccc1F)C(=O)CN(c1ccc(Cl)cc1)S(=O)(=O)c1ccccc1. The fourth-order valence-corrected chi connectivity index (χ4v) is 6.22. The van der Waals surface area contributed by atoms with Crippen molar-refractivity contribution in [2.24, 2.45) is 0 Å². The van der Waals surface area contributed by atoms with Gasteiger partial charge in [-0.15, -0.1) is 0 Å². The molecule has 0 unspecified atom stereocenters. The first-order valence-electron chi connectivity index (χ1n) is 14.3. The summed E-state index contributed by atoms with van der Waals surface area (Å²) in [5.41, 5.74) is 1.19. The van der Waals surface area contributed by atoms with Gasteiger partial charge in [0.2, 0.25) is 11.8 Å². The normalized spacial score (nSPS) is 12.6. The lowest BCUT2D eigenvalue weighted by Gasteiger charge is -2.34. The highest BCUT2D eigenvalue weighted by Gasteiger charge is 2.35. The number of amides is 2. The molecule has 0 heterocycles. The summed E-state index contributed by atoms with van der Waals surface area (Å²) in [4.78, 5) is 29.4. The van der Waals surface area contributed by atoms with Crippen LogP contribution < -0.4 is 9.62 Å². The number of anilines is 1. The number of carbonyl (C=O) groups is 2. The van der Waals surface area contributed by atoms with Gasteiger partial charge < -0.3 is 10.2 Å². The van der Waals surface area contributed by atoms with Crippen molar-refractivity contribution >= 4 is 39.1 Å². The highest BCUT2D eigenvalue weighted by atomic mass is 35.5. The van der Waals surface area contributed by atoms with E-state index in [1.54, 1.807) is 30.3 Å². The van der Waals surface area contributed by atoms with E-state index in [1.165, 1.54) is 53.4 Å². The fourth-order valence-electron chi connectivity index (χ4n) is 4.66. The number of sulfonamides is 1. The Morgan fingerprint density at radius 2 is 1.45 bits per heavy atom. The molecule has 4 rings (SSSR count). The molecule has 2 amide bonds. The van der Waals surface area contributed by atoms with Crippen LogP contribution in [-0.4, -0.2) is 43.8 Å². The molecule has 4 aromatic carbocycles. The number of hydrogen-bond acceptors (Lipinski definition) is 4. The molecule has 0 aliphatic carbocycles. The van der Waals surface area contributed by atoms with Crippen LogP contribution >= 0.6 is 11.6 Å². The van der Waals surface area contributed by atoms with Crippen molar-refractivity contribution in [3.05, 3.63) is 131 Å². The third-order valence-electron chi connectivity index (χ3n) is 7.30. The van der Waals surface area contributed by atoms with Crippen molar-refractivity contribution in [3.63, 3.8) is 0 Å². The number of halogens is 2. The molecule has 0 aliphatic heterocycles. The summed E-state index contributed by atoms with van der Waals surface area (Å²) < 4.78 is 43.9. The molecule has 2 atom stereocenters. The summed E-state index contributed by atoms with van der Waals surface area (Å²) >= 11 is 6.09. The predicted molar refractivity (Wildman–Crippen MR) is 171 cm³/mol. The first-order valence-corrected chi connectivity index (χ1v) is 16.1. The third kappa shape index (κ3) is 8.24. The van der Waals surface area contributed by atoms with E-state index in [4.69, 9.17) is 11.6 Å². The molecule has 0 aromatic heterocycles. The molecule has 44 heavy (non-hydrogen) atoms. The quantitative estimate of drug-likeness (QED) is 0.189. The second-order valence-corrected chi connectivity index (χ2v) is 12.7. The van der Waals surface area contributed by atoms with Crippen molar-refractivity contribution < 1.29 is 22.4 Å². The van der Waals surface area contributed by atoms with E-state index in [-0.39, 0.29) is 35.2 Å². The Kier molecular flexibility index (Phi) is 11.1. The topological polar surface area (TPSA) is 86.8 Å². The highest BCUT2D eigenvalue weighted by molar-refractivity contribution is 7.92. The molecule has 0 radical (unpaired) electrons. The average molecular weight is 636 g/mol. The zero-order chi connectivity index (χ0) is 31.7. The number of rotatable bonds is 13. The molecule has 10 heteroatoms. The minimum Gasteiger partial charge on any atom is -0.352 e. The van der Waals surface area contributed by atoms with Gasteiger partial charge in [0, 0.05) is 29.6 Å². The van der Waals surface area contributed by atoms with E-state index in [9.17, 15) is 22.4 Å². The van der Waals surface area contributed by atoms with Crippen LogP contribution in [0.5, 0.6) is 0 Å². The molecule has 0 fully saturated rings. The van der Waals surface area contributed by atoms with Gasteiger partial charge in [-0.1, -0.05) is 85.3 Å². The lowest BCUT2D eigenvalue weighted by Crippen LogP contribution is -2.54. The number of benzene rings is 4. The lowest BCUT2D eigenvalue weighted by atomic mass is 10.0. The Labute approximate surface area is 263 Å². The Hall–Kier alpha value is -4.21. The van der Waals surface area contributed by atoms with E-state index < -0.39 is 40.2 Å². The smallest absolute Gasteiger partial charge is 0.264 e. The number of carbonyl (C=O) groups excluding carboxylic acids is 2. The monoisotopic (exact) mass is 635 g/mol. The minimum atomic E-state index is -4.24. The van der Waals surface area contributed by atoms with Gasteiger partial charge >= 0.3 is 0 Å². The molecule has 0 saturated carbocycles. The van der Waals surface area contributed by atoms with Crippen LogP contribution in [0.3, 0.4) is 0 Å². The van der Waals surface area contributed by atoms with Crippen molar-refractivity contribution in [3.8, 4) is 0 Å². The molecule has 0 aliphatic rings. The van der Waals surface area contributed by atoms with E-state index in [2.05, 4.69) is 5.32 Å². The molecule has 0 spiro atoms. The summed E-state index contributed by atoms with van der Waals surface area (Å²) in [5, 5.41) is 3.35. The standard InChI is InChI=1S/C34H35ClFN3O4S/c1-3-25(2)37-34(41)32(22-26-12-6-4-7-13-26)38(23-27-14-10-11-17-31(27)36)33(40)24-39(29-20-18-28(35)19-21-29)44(42,43)30-15-8-5-9-16-30/h4-21,25,32H,3,22-24H2,1-2H3,(H,37,41)/t25-,32-/m0/s1. The van der Waals surface area contributed by atoms with E-state index >= 15 is 0 Å². The average Bonchev–Trinajstić information content (AvgIpc) is 3.03. The second-order valence-electron chi connectivity index (χ2n) is 10.4. The van der Waals surface area contributed by atoms with Crippen LogP contribution in [0.4, 0.5) is 10.1 Å². The van der Waals surface area contributed by atoms with Crippen molar-refractivity contribution in [2.45, 2.75) is 50.2 Å². The number of hydrogen-bond donors (Lipinski definition) is 1. The maximum Gasteiger partial charge on any atom is 0.264 e. The molecule has 0 saturated heterocycles. The van der Waals surface area contributed by atoms with E-state index in [0.29, 0.717) is 11.4 Å². The van der Waals surface area contributed by atoms with Gasteiger partial charge in [0.25, 0.3) is 10.0 Å². The predicted octanol–water partition coefficient (Wildman–Crippen LogP) is 6.23. The van der Waals surface area contributed by atoms with Gasteiger partial charge in [-0.3, -0.25) is 13.9 Å². The minimum absolute atomic E-state index is 0.0150. The van der Waals surface area contributed by atoms with Gasteiger partial charge in [0.1, 0.15) is 18.4 Å². The molecule has 7 nitrogen and oxygen atoms in total. The van der Waals surface area contributed by atoms with Crippen molar-refractivity contribution in [1.29, 1.82) is 0 Å². The summed E-state index contributed by atoms with van der Waals surface area (Å²) in [7, 11) is -4.24. The first-order chi connectivity index (χ1) is 21.1. The Bertz CT molecular complexity index is 1660. The summed E-state index contributed by atoms with van der Waals surface area (Å²) in [6, 6.07) is 27.8. The van der Waals surface area contributed by atoms with E-state index in [1.807, 2.05) is 44.2 Å². The molecule has 230 valence electrons. The van der Waals surface area contributed by atoms with Gasteiger partial charge in [0.05, 0.1) is 10.6 Å². The third-order valence-corrected chi connectivity index (χ3v) is 9.34. The molecular formula is C34H35ClFN3O4S. The van der Waals surface area contributed by atoms with Crippen LogP contribution in [0.25, 0.3) is 0 Å². The zero-order valence-electron chi connectivity index (χ0n) is 24.6. The van der Waals surface area contributed by atoms with Gasteiger partial charge in [-0.05, 0) is 61.4 Å². The Morgan fingerprint density at radius 3 is 2.07 bits per heavy atom. The highest BCUT2D eigenvalue weighted by Crippen LogP contribution is 2.26. The molecule has 4 aromatic rings. The Morgan fingerprint density at radius 1 is 0.864 bits per heavy atom. The van der Waals surface area contributed by atoms with Gasteiger partial charge in [0.15, 0.2) is 0 Å². The maximum atomic E-state index is 15.0. The van der Waals surface area contributed by atoms with Crippen LogP contribution in [0, 0.1) is 5.82 Å². The maximum absolute atomic E-state index is 15.0. The summed E-state index contributed by atoms with van der Waals surface area (Å²) in [6.07, 6.45) is 0.792. The van der Waals surface area contributed by atoms with Crippen LogP contribution in [0.1, 0.15) is 31.4 Å².